The van der Waals surface area contributed by atoms with E-state index in [1.807, 2.05) is 0 Å². The van der Waals surface area contributed by atoms with E-state index in [1.54, 1.807) is 12.1 Å². The number of benzene rings is 2. The molecule has 0 saturated carbocycles. The first-order valence-corrected chi connectivity index (χ1v) is 6.88. The number of phenolic OH excluding ortho intramolecular Hbond substituents is 1. The summed E-state index contributed by atoms with van der Waals surface area (Å²) in [5.74, 6) is -2.01. The Labute approximate surface area is 133 Å². The normalized spacial score (nSPS) is 10.2. The number of nitrogens with one attached hydrogen (secondary N) is 1. The first-order chi connectivity index (χ1) is 9.88. The number of carbonyl (C=O) groups is 2. The van der Waals surface area contributed by atoms with Gasteiger partial charge in [0.25, 0.3) is 5.91 Å². The molecule has 0 aliphatic heterocycles. The van der Waals surface area contributed by atoms with Crippen molar-refractivity contribution in [3.8, 4) is 5.75 Å². The zero-order valence-electron chi connectivity index (χ0n) is 10.4. The van der Waals surface area contributed by atoms with Gasteiger partial charge in [0.15, 0.2) is 0 Å². The number of carboxylic acids is 1. The molecule has 0 radical (unpaired) electrons. The summed E-state index contributed by atoms with van der Waals surface area (Å²) in [6, 6.07) is 8.41. The Morgan fingerprint density at radius 1 is 1.10 bits per heavy atom. The number of rotatable bonds is 3. The van der Waals surface area contributed by atoms with E-state index >= 15 is 0 Å². The Hall–Kier alpha value is -2.05. The number of aromatic carboxylic acids is 1. The predicted octanol–water partition coefficient (Wildman–Crippen LogP) is 3.76. The van der Waals surface area contributed by atoms with Crippen LogP contribution in [0.5, 0.6) is 5.75 Å². The molecule has 0 aliphatic carbocycles. The molecule has 5 nitrogen and oxygen atoms in total. The van der Waals surface area contributed by atoms with Gasteiger partial charge in [0.05, 0.1) is 21.8 Å². The summed E-state index contributed by atoms with van der Waals surface area (Å²) in [5, 5.41) is 21.1. The van der Waals surface area contributed by atoms with E-state index in [2.05, 4.69) is 21.2 Å². The second kappa shape index (κ2) is 6.15. The number of anilines is 1. The monoisotopic (exact) mass is 369 g/mol. The minimum atomic E-state index is -1.26. The SMILES string of the molecule is O=C(Nc1ccc(O)cc1C(=O)O)c1cc(Br)ccc1Cl. The average molecular weight is 371 g/mol. The van der Waals surface area contributed by atoms with Gasteiger partial charge < -0.3 is 15.5 Å². The molecule has 1 amide bonds. The van der Waals surface area contributed by atoms with Gasteiger partial charge >= 0.3 is 5.97 Å². The minimum absolute atomic E-state index is 0.0707. The quantitative estimate of drug-likeness (QED) is 0.718. The molecule has 7 heteroatoms. The van der Waals surface area contributed by atoms with Gasteiger partial charge in [-0.1, -0.05) is 27.5 Å². The number of carboxylic acid groups (broad SMARTS) is 1. The largest absolute Gasteiger partial charge is 0.508 e. The highest BCUT2D eigenvalue weighted by atomic mass is 79.9. The molecule has 0 spiro atoms. The van der Waals surface area contributed by atoms with Gasteiger partial charge in [-0.25, -0.2) is 4.79 Å². The third-order valence-corrected chi connectivity index (χ3v) is 3.48. The van der Waals surface area contributed by atoms with Gasteiger partial charge in [-0.05, 0) is 36.4 Å². The highest BCUT2D eigenvalue weighted by molar-refractivity contribution is 9.10. The highest BCUT2D eigenvalue weighted by Gasteiger charge is 2.16. The summed E-state index contributed by atoms with van der Waals surface area (Å²) >= 11 is 9.18. The lowest BCUT2D eigenvalue weighted by atomic mass is 10.1. The van der Waals surface area contributed by atoms with E-state index in [-0.39, 0.29) is 27.6 Å². The second-order valence-electron chi connectivity index (χ2n) is 4.11. The van der Waals surface area contributed by atoms with Crippen molar-refractivity contribution in [1.29, 1.82) is 0 Å². The van der Waals surface area contributed by atoms with Crippen LogP contribution in [0.2, 0.25) is 5.02 Å². The van der Waals surface area contributed by atoms with E-state index < -0.39 is 11.9 Å². The number of hydrogen-bond acceptors (Lipinski definition) is 3. The smallest absolute Gasteiger partial charge is 0.337 e. The van der Waals surface area contributed by atoms with Crippen LogP contribution >= 0.6 is 27.5 Å². The maximum atomic E-state index is 12.2. The van der Waals surface area contributed by atoms with Crippen LogP contribution in [0.4, 0.5) is 5.69 Å². The average Bonchev–Trinajstić information content (AvgIpc) is 2.43. The summed E-state index contributed by atoms with van der Waals surface area (Å²) < 4.78 is 0.668. The number of carbonyl (C=O) groups excluding carboxylic acids is 1. The number of halogens is 2. The fourth-order valence-corrected chi connectivity index (χ4v) is 2.24. The van der Waals surface area contributed by atoms with Crippen LogP contribution in [-0.4, -0.2) is 22.1 Å². The van der Waals surface area contributed by atoms with Crippen molar-refractivity contribution < 1.29 is 19.8 Å². The van der Waals surface area contributed by atoms with Gasteiger partial charge in [0, 0.05) is 4.47 Å². The van der Waals surface area contributed by atoms with E-state index in [0.29, 0.717) is 4.47 Å². The third kappa shape index (κ3) is 3.53. The standard InChI is InChI=1S/C14H9BrClNO4/c15-7-1-3-11(16)9(5-7)13(19)17-12-4-2-8(18)6-10(12)14(20)21/h1-6,18H,(H,17,19)(H,20,21). The van der Waals surface area contributed by atoms with Gasteiger partial charge in [0.1, 0.15) is 5.75 Å². The molecule has 0 heterocycles. The number of amides is 1. The first kappa shape index (κ1) is 15.3. The van der Waals surface area contributed by atoms with Crippen LogP contribution in [-0.2, 0) is 0 Å². The zero-order chi connectivity index (χ0) is 15.6. The predicted molar refractivity (Wildman–Crippen MR) is 82.2 cm³/mol. The molecular formula is C14H9BrClNO4. The molecule has 3 N–H and O–H groups in total. The molecule has 0 atom stereocenters. The maximum Gasteiger partial charge on any atom is 0.337 e. The topological polar surface area (TPSA) is 86.6 Å². The molecule has 0 aromatic heterocycles. The fraction of sp³-hybridized carbons (Fsp3) is 0. The summed E-state index contributed by atoms with van der Waals surface area (Å²) in [6.45, 7) is 0. The molecule has 2 aromatic carbocycles. The molecule has 0 unspecified atom stereocenters. The number of aromatic hydroxyl groups is 1. The summed E-state index contributed by atoms with van der Waals surface area (Å²) in [7, 11) is 0. The molecular weight excluding hydrogens is 362 g/mol. The Morgan fingerprint density at radius 2 is 1.81 bits per heavy atom. The number of phenols is 1. The molecule has 108 valence electrons. The van der Waals surface area contributed by atoms with Crippen molar-refractivity contribution in [3.63, 3.8) is 0 Å². The molecule has 0 aliphatic rings. The Morgan fingerprint density at radius 3 is 2.48 bits per heavy atom. The van der Waals surface area contributed by atoms with Gasteiger partial charge in [-0.15, -0.1) is 0 Å². The summed E-state index contributed by atoms with van der Waals surface area (Å²) in [6.07, 6.45) is 0. The molecule has 21 heavy (non-hydrogen) atoms. The van der Waals surface area contributed by atoms with Crippen molar-refractivity contribution in [2.75, 3.05) is 5.32 Å². The fourth-order valence-electron chi connectivity index (χ4n) is 1.68. The highest BCUT2D eigenvalue weighted by Crippen LogP contribution is 2.25. The van der Waals surface area contributed by atoms with Crippen LogP contribution in [0, 0.1) is 0 Å². The Kier molecular flexibility index (Phi) is 4.50. The van der Waals surface area contributed by atoms with Gasteiger partial charge in [0.2, 0.25) is 0 Å². The van der Waals surface area contributed by atoms with E-state index in [9.17, 15) is 14.7 Å². The zero-order valence-corrected chi connectivity index (χ0v) is 12.8. The van der Waals surface area contributed by atoms with Crippen LogP contribution in [0.1, 0.15) is 20.7 Å². The van der Waals surface area contributed by atoms with Crippen molar-refractivity contribution >= 4 is 45.1 Å². The maximum absolute atomic E-state index is 12.2. The first-order valence-electron chi connectivity index (χ1n) is 5.71. The van der Waals surface area contributed by atoms with Crippen LogP contribution in [0.15, 0.2) is 40.9 Å². The van der Waals surface area contributed by atoms with Crippen molar-refractivity contribution in [2.45, 2.75) is 0 Å². The van der Waals surface area contributed by atoms with Crippen LogP contribution < -0.4 is 5.32 Å². The van der Waals surface area contributed by atoms with Gasteiger partial charge in [-0.2, -0.15) is 0 Å². The molecule has 0 bridgehead atoms. The summed E-state index contributed by atoms with van der Waals surface area (Å²) in [5.41, 5.74) is 0.0614. The third-order valence-electron chi connectivity index (χ3n) is 2.65. The van der Waals surface area contributed by atoms with Crippen molar-refractivity contribution in [3.05, 3.63) is 57.0 Å². The minimum Gasteiger partial charge on any atom is -0.508 e. The molecule has 2 aromatic rings. The lowest BCUT2D eigenvalue weighted by molar-refractivity contribution is 0.0697. The Balaban J connectivity index is 2.36. The van der Waals surface area contributed by atoms with E-state index in [4.69, 9.17) is 16.7 Å². The van der Waals surface area contributed by atoms with E-state index in [0.717, 1.165) is 6.07 Å². The lowest BCUT2D eigenvalue weighted by Gasteiger charge is -2.10. The van der Waals surface area contributed by atoms with E-state index in [1.165, 1.54) is 18.2 Å². The van der Waals surface area contributed by atoms with Crippen molar-refractivity contribution in [1.82, 2.24) is 0 Å². The molecule has 2 rings (SSSR count). The second-order valence-corrected chi connectivity index (χ2v) is 5.44. The molecule has 0 saturated heterocycles. The van der Waals surface area contributed by atoms with Crippen LogP contribution in [0.25, 0.3) is 0 Å². The van der Waals surface area contributed by atoms with Crippen LogP contribution in [0.3, 0.4) is 0 Å². The number of hydrogen-bond donors (Lipinski definition) is 3. The van der Waals surface area contributed by atoms with Crippen molar-refractivity contribution in [2.24, 2.45) is 0 Å². The lowest BCUT2D eigenvalue weighted by Crippen LogP contribution is -2.15. The summed E-state index contributed by atoms with van der Waals surface area (Å²) in [4.78, 5) is 23.3. The Bertz CT molecular complexity index is 733. The molecule has 0 fully saturated rings. The van der Waals surface area contributed by atoms with Gasteiger partial charge in [-0.3, -0.25) is 4.79 Å².